The van der Waals surface area contributed by atoms with Crippen molar-refractivity contribution in [3.8, 4) is 6.01 Å². The first-order valence-electron chi connectivity index (χ1n) is 15.8. The molecule has 5 aliphatic heterocycles. The van der Waals surface area contributed by atoms with Crippen molar-refractivity contribution in [3.63, 3.8) is 0 Å². The number of aromatic nitrogens is 2. The fourth-order valence-electron chi connectivity index (χ4n) is 8.57. The molecule has 0 saturated carbocycles. The molecular weight excluding hydrogens is 515 g/mol. The number of benzene rings is 2. The number of halogens is 1. The lowest BCUT2D eigenvalue weighted by molar-refractivity contribution is 0.107. The number of rotatable bonds is 6. The van der Waals surface area contributed by atoms with Crippen LogP contribution in [0.1, 0.15) is 62.3 Å². The van der Waals surface area contributed by atoms with Gasteiger partial charge < -0.3 is 19.9 Å². The molecule has 7 nitrogen and oxygen atoms in total. The summed E-state index contributed by atoms with van der Waals surface area (Å²) >= 11 is 0. The maximum Gasteiger partial charge on any atom is 0.318 e. The highest BCUT2D eigenvalue weighted by Crippen LogP contribution is 2.40. The van der Waals surface area contributed by atoms with Gasteiger partial charge in [-0.1, -0.05) is 25.1 Å². The van der Waals surface area contributed by atoms with Gasteiger partial charge in [-0.25, -0.2) is 4.39 Å². The lowest BCUT2D eigenvalue weighted by atomic mass is 9.95. The van der Waals surface area contributed by atoms with Gasteiger partial charge in [-0.3, -0.25) is 4.90 Å². The van der Waals surface area contributed by atoms with Gasteiger partial charge >= 0.3 is 6.01 Å². The van der Waals surface area contributed by atoms with Crippen molar-refractivity contribution in [2.24, 2.45) is 0 Å². The summed E-state index contributed by atoms with van der Waals surface area (Å²) in [6.45, 7) is 8.60. The number of nitrogens with one attached hydrogen (secondary N) is 1. The molecule has 4 saturated heterocycles. The van der Waals surface area contributed by atoms with Crippen LogP contribution < -0.4 is 19.9 Å². The Morgan fingerprint density at radius 3 is 2.59 bits per heavy atom. The van der Waals surface area contributed by atoms with Crippen LogP contribution in [-0.2, 0) is 19.4 Å². The fourth-order valence-corrected chi connectivity index (χ4v) is 8.57. The van der Waals surface area contributed by atoms with E-state index in [1.165, 1.54) is 57.2 Å². The van der Waals surface area contributed by atoms with Crippen LogP contribution in [0.3, 0.4) is 0 Å². The summed E-state index contributed by atoms with van der Waals surface area (Å²) in [5, 5.41) is 5.89. The van der Waals surface area contributed by atoms with Crippen LogP contribution in [0.5, 0.6) is 6.01 Å². The van der Waals surface area contributed by atoms with E-state index in [0.717, 1.165) is 59.6 Å². The van der Waals surface area contributed by atoms with Gasteiger partial charge in [-0.2, -0.15) is 9.97 Å². The number of fused-ring (bicyclic) bond motifs is 5. The van der Waals surface area contributed by atoms with Crippen molar-refractivity contribution in [2.75, 3.05) is 49.1 Å². The Hall–Kier alpha value is -2.97. The smallest absolute Gasteiger partial charge is 0.318 e. The van der Waals surface area contributed by atoms with Crippen molar-refractivity contribution in [1.29, 1.82) is 0 Å². The highest BCUT2D eigenvalue weighted by molar-refractivity contribution is 5.97. The van der Waals surface area contributed by atoms with Crippen molar-refractivity contribution >= 4 is 22.3 Å². The molecule has 0 amide bonds. The standard InChI is InChI=1S/C33H41FN6O/c1-2-25-27(34)11-8-22-6-3-7-29(30(22)25)38-17-12-26-28(20-38)36-32(41-21-33-13-4-15-40(33)16-5-14-33)37-31(26)39-18-23-9-10-24(19-39)35-23/h3,6-8,11,23-24,35H,2,4-5,9-10,12-21H2,1H3/t23-,24+. The van der Waals surface area contributed by atoms with E-state index in [1.54, 1.807) is 6.07 Å². The van der Waals surface area contributed by atoms with Crippen LogP contribution in [0.15, 0.2) is 30.3 Å². The van der Waals surface area contributed by atoms with E-state index in [-0.39, 0.29) is 11.4 Å². The van der Waals surface area contributed by atoms with Gasteiger partial charge in [0.15, 0.2) is 0 Å². The molecule has 1 aromatic heterocycles. The monoisotopic (exact) mass is 556 g/mol. The Bertz CT molecular complexity index is 1460. The van der Waals surface area contributed by atoms with Gasteiger partial charge in [-0.05, 0) is 87.5 Å². The molecule has 4 fully saturated rings. The first-order valence-corrected chi connectivity index (χ1v) is 15.8. The van der Waals surface area contributed by atoms with Crippen LogP contribution >= 0.6 is 0 Å². The first-order chi connectivity index (χ1) is 20.1. The minimum atomic E-state index is -0.120. The molecule has 2 atom stereocenters. The summed E-state index contributed by atoms with van der Waals surface area (Å²) in [5.41, 5.74) is 4.37. The van der Waals surface area contributed by atoms with E-state index in [0.29, 0.717) is 37.7 Å². The average Bonchev–Trinajstić information content (AvgIpc) is 3.68. The molecule has 2 bridgehead atoms. The molecule has 1 N–H and O–H groups in total. The SMILES string of the molecule is CCc1c(F)ccc2cccc(N3CCc4c(nc(OCC56CCCN5CCC6)nc4N4C[C@H]5CC[C@@H](C4)N5)C3)c12. The van der Waals surface area contributed by atoms with Crippen molar-refractivity contribution in [2.45, 2.75) is 82.5 Å². The van der Waals surface area contributed by atoms with E-state index < -0.39 is 0 Å². The van der Waals surface area contributed by atoms with Gasteiger partial charge in [0.1, 0.15) is 18.2 Å². The van der Waals surface area contributed by atoms with E-state index in [9.17, 15) is 4.39 Å². The second-order valence-corrected chi connectivity index (χ2v) is 12.9. The summed E-state index contributed by atoms with van der Waals surface area (Å²) in [7, 11) is 0. The number of piperazine rings is 1. The molecular formula is C33H41FN6O. The summed E-state index contributed by atoms with van der Waals surface area (Å²) in [6, 6.07) is 11.4. The molecule has 0 aliphatic carbocycles. The van der Waals surface area contributed by atoms with Gasteiger partial charge in [-0.15, -0.1) is 0 Å². The van der Waals surface area contributed by atoms with Crippen LogP contribution in [-0.4, -0.2) is 71.8 Å². The number of aryl methyl sites for hydroxylation is 1. The quantitative estimate of drug-likeness (QED) is 0.466. The summed E-state index contributed by atoms with van der Waals surface area (Å²) in [4.78, 5) is 17.8. The average molecular weight is 557 g/mol. The Labute approximate surface area is 242 Å². The lowest BCUT2D eigenvalue weighted by Gasteiger charge is -2.38. The van der Waals surface area contributed by atoms with Gasteiger partial charge in [0, 0.05) is 48.4 Å². The molecule has 0 spiro atoms. The Morgan fingerprint density at radius 1 is 1.00 bits per heavy atom. The molecule has 0 radical (unpaired) electrons. The van der Waals surface area contributed by atoms with Crippen LogP contribution in [0.25, 0.3) is 10.8 Å². The molecule has 6 heterocycles. The van der Waals surface area contributed by atoms with Gasteiger partial charge in [0.25, 0.3) is 0 Å². The zero-order valence-corrected chi connectivity index (χ0v) is 24.2. The number of nitrogens with zero attached hydrogens (tertiary/aromatic N) is 5. The summed E-state index contributed by atoms with van der Waals surface area (Å²) in [6.07, 6.45) is 8.93. The first kappa shape index (κ1) is 25.7. The Morgan fingerprint density at radius 2 is 1.80 bits per heavy atom. The molecule has 2 aromatic carbocycles. The minimum Gasteiger partial charge on any atom is -0.461 e. The second kappa shape index (κ2) is 10.1. The molecule has 5 aliphatic rings. The molecule has 3 aromatic rings. The highest BCUT2D eigenvalue weighted by atomic mass is 19.1. The van der Waals surface area contributed by atoms with E-state index >= 15 is 0 Å². The van der Waals surface area contributed by atoms with Gasteiger partial charge in [0.05, 0.1) is 17.8 Å². The Kier molecular flexibility index (Phi) is 6.33. The molecule has 0 unspecified atom stereocenters. The molecule has 216 valence electrons. The van der Waals surface area contributed by atoms with Crippen LogP contribution in [0, 0.1) is 5.82 Å². The number of hydrogen-bond acceptors (Lipinski definition) is 7. The minimum absolute atomic E-state index is 0.120. The van der Waals surface area contributed by atoms with Crippen molar-refractivity contribution < 1.29 is 9.13 Å². The summed E-state index contributed by atoms with van der Waals surface area (Å²) < 4.78 is 21.5. The predicted molar refractivity (Wildman–Crippen MR) is 160 cm³/mol. The maximum atomic E-state index is 14.9. The van der Waals surface area contributed by atoms with Crippen molar-refractivity contribution in [1.82, 2.24) is 20.2 Å². The van der Waals surface area contributed by atoms with Gasteiger partial charge in [0.2, 0.25) is 0 Å². The maximum absolute atomic E-state index is 14.9. The fraction of sp³-hybridized carbons (Fsp3) is 0.576. The predicted octanol–water partition coefficient (Wildman–Crippen LogP) is 4.84. The molecule has 41 heavy (non-hydrogen) atoms. The number of anilines is 2. The van der Waals surface area contributed by atoms with E-state index in [2.05, 4.69) is 38.2 Å². The van der Waals surface area contributed by atoms with Crippen LogP contribution in [0.4, 0.5) is 15.9 Å². The highest BCUT2D eigenvalue weighted by Gasteiger charge is 2.45. The van der Waals surface area contributed by atoms with Crippen molar-refractivity contribution in [3.05, 3.63) is 53.0 Å². The van der Waals surface area contributed by atoms with E-state index in [4.69, 9.17) is 14.7 Å². The zero-order chi connectivity index (χ0) is 27.6. The summed E-state index contributed by atoms with van der Waals surface area (Å²) in [5.74, 6) is 0.958. The third-order valence-corrected chi connectivity index (χ3v) is 10.6. The third kappa shape index (κ3) is 4.36. The van der Waals surface area contributed by atoms with Crippen LogP contribution in [0.2, 0.25) is 0 Å². The molecule has 8 rings (SSSR count). The largest absolute Gasteiger partial charge is 0.461 e. The topological polar surface area (TPSA) is 56.8 Å². The molecule has 8 heteroatoms. The Balaban J connectivity index is 1.15. The second-order valence-electron chi connectivity index (χ2n) is 12.9. The zero-order valence-electron chi connectivity index (χ0n) is 24.2. The third-order valence-electron chi connectivity index (χ3n) is 10.6. The number of ether oxygens (including phenoxy) is 1. The normalized spacial score (nSPS) is 25.1. The lowest BCUT2D eigenvalue weighted by Crippen LogP contribution is -2.52. The van der Waals surface area contributed by atoms with E-state index in [1.807, 2.05) is 13.0 Å². The number of hydrogen-bond donors (Lipinski definition) is 1.